The van der Waals surface area contributed by atoms with Gasteiger partial charge in [0.15, 0.2) is 0 Å². The zero-order valence-corrected chi connectivity index (χ0v) is 43.0. The predicted molar refractivity (Wildman–Crippen MR) is 278 cm³/mol. The van der Waals surface area contributed by atoms with Crippen LogP contribution in [0.4, 0.5) is 0 Å². The summed E-state index contributed by atoms with van der Waals surface area (Å²) < 4.78 is 5.47. The summed E-state index contributed by atoms with van der Waals surface area (Å²) in [5.41, 5.74) is 0. The van der Waals surface area contributed by atoms with E-state index < -0.39 is 12.1 Å². The second-order valence-corrected chi connectivity index (χ2v) is 19.6. The van der Waals surface area contributed by atoms with Crippen LogP contribution >= 0.6 is 0 Å². The Morgan fingerprint density at radius 1 is 0.438 bits per heavy atom. The van der Waals surface area contributed by atoms with Gasteiger partial charge in [-0.1, -0.05) is 263 Å². The highest BCUT2D eigenvalue weighted by Gasteiger charge is 2.20. The number of allylic oxidation sites excluding steroid dienone is 4. The Kier molecular flexibility index (Phi) is 52.6. The molecular formula is C58H111NO5. The number of aliphatic hydroxyl groups is 2. The van der Waals surface area contributed by atoms with Gasteiger partial charge >= 0.3 is 5.97 Å². The van der Waals surface area contributed by atoms with Crippen LogP contribution in [-0.4, -0.2) is 47.4 Å². The molecule has 0 heterocycles. The van der Waals surface area contributed by atoms with E-state index >= 15 is 0 Å². The molecule has 0 aromatic heterocycles. The van der Waals surface area contributed by atoms with Crippen molar-refractivity contribution in [1.82, 2.24) is 5.32 Å². The molecule has 0 radical (unpaired) electrons. The zero-order valence-electron chi connectivity index (χ0n) is 43.0. The Balaban J connectivity index is 3.36. The van der Waals surface area contributed by atoms with Gasteiger partial charge in [0.25, 0.3) is 0 Å². The number of unbranched alkanes of at least 4 members (excludes halogenated alkanes) is 38. The Morgan fingerprint density at radius 3 is 1.22 bits per heavy atom. The minimum absolute atomic E-state index is 0.000804. The normalized spacial score (nSPS) is 12.8. The first-order valence-corrected chi connectivity index (χ1v) is 28.6. The average molecular weight is 903 g/mol. The van der Waals surface area contributed by atoms with Crippen molar-refractivity contribution < 1.29 is 24.5 Å². The van der Waals surface area contributed by atoms with Gasteiger partial charge in [0.05, 0.1) is 25.4 Å². The van der Waals surface area contributed by atoms with Crippen LogP contribution in [0.5, 0.6) is 0 Å². The Hall–Kier alpha value is -1.66. The van der Waals surface area contributed by atoms with Crippen LogP contribution < -0.4 is 5.32 Å². The van der Waals surface area contributed by atoms with Gasteiger partial charge in [-0.3, -0.25) is 9.59 Å². The number of carbonyl (C=O) groups excluding carboxylic acids is 2. The van der Waals surface area contributed by atoms with Gasteiger partial charge in [-0.25, -0.2) is 0 Å². The Bertz CT molecular complexity index is 997. The summed E-state index contributed by atoms with van der Waals surface area (Å²) in [6.07, 6.45) is 64.6. The first-order chi connectivity index (χ1) is 31.5. The van der Waals surface area contributed by atoms with Crippen LogP contribution in [-0.2, 0) is 14.3 Å². The van der Waals surface area contributed by atoms with Crippen molar-refractivity contribution in [3.8, 4) is 0 Å². The lowest BCUT2D eigenvalue weighted by atomic mass is 10.0. The highest BCUT2D eigenvalue weighted by Crippen LogP contribution is 2.17. The van der Waals surface area contributed by atoms with Gasteiger partial charge < -0.3 is 20.3 Å². The van der Waals surface area contributed by atoms with Crippen molar-refractivity contribution in [3.63, 3.8) is 0 Å². The van der Waals surface area contributed by atoms with E-state index in [0.717, 1.165) is 51.4 Å². The molecule has 0 fully saturated rings. The van der Waals surface area contributed by atoms with E-state index in [1.165, 1.54) is 225 Å². The van der Waals surface area contributed by atoms with Crippen molar-refractivity contribution in [2.24, 2.45) is 0 Å². The van der Waals surface area contributed by atoms with Gasteiger partial charge in [-0.15, -0.1) is 0 Å². The first kappa shape index (κ1) is 62.3. The molecule has 0 aromatic carbocycles. The summed E-state index contributed by atoms with van der Waals surface area (Å²) in [4.78, 5) is 24.5. The number of hydrogen-bond donors (Lipinski definition) is 3. The lowest BCUT2D eigenvalue weighted by Crippen LogP contribution is -2.45. The zero-order chi connectivity index (χ0) is 46.5. The minimum atomic E-state index is -0.662. The molecule has 0 spiro atoms. The predicted octanol–water partition coefficient (Wildman–Crippen LogP) is 17.5. The molecule has 0 saturated carbocycles. The number of aliphatic hydroxyl groups excluding tert-OH is 2. The number of esters is 1. The van der Waals surface area contributed by atoms with Crippen molar-refractivity contribution in [2.45, 2.75) is 321 Å². The monoisotopic (exact) mass is 902 g/mol. The Labute approximate surface area is 399 Å². The molecule has 378 valence electrons. The summed E-state index contributed by atoms with van der Waals surface area (Å²) in [6.45, 7) is 4.91. The molecule has 0 bridgehead atoms. The summed E-state index contributed by atoms with van der Waals surface area (Å²) >= 11 is 0. The van der Waals surface area contributed by atoms with Crippen LogP contribution in [0.25, 0.3) is 0 Å². The van der Waals surface area contributed by atoms with Crippen molar-refractivity contribution in [3.05, 3.63) is 24.3 Å². The molecule has 0 aliphatic heterocycles. The maximum atomic E-state index is 12.4. The van der Waals surface area contributed by atoms with E-state index in [9.17, 15) is 19.8 Å². The number of amides is 1. The molecule has 0 aliphatic carbocycles. The quantitative estimate of drug-likeness (QED) is 0.0321. The summed E-state index contributed by atoms with van der Waals surface area (Å²) in [7, 11) is 0. The SMILES string of the molecule is CCCCC/C=C\C/C=C\CCCCCCCC(=O)OCCCCCCCCCCCCCCCCCCCCCCCCC(=O)NC(CO)C(O)CCCCCCCCCCCC. The number of nitrogens with one attached hydrogen (secondary N) is 1. The maximum absolute atomic E-state index is 12.4. The van der Waals surface area contributed by atoms with Crippen molar-refractivity contribution >= 4 is 11.9 Å². The summed E-state index contributed by atoms with van der Waals surface area (Å²) in [5.74, 6) is -0.0373. The van der Waals surface area contributed by atoms with Crippen LogP contribution in [0.3, 0.4) is 0 Å². The highest BCUT2D eigenvalue weighted by molar-refractivity contribution is 5.76. The van der Waals surface area contributed by atoms with Crippen LogP contribution in [0.2, 0.25) is 0 Å². The largest absolute Gasteiger partial charge is 0.466 e. The molecule has 0 saturated heterocycles. The topological polar surface area (TPSA) is 95.9 Å². The van der Waals surface area contributed by atoms with Crippen LogP contribution in [0, 0.1) is 0 Å². The standard InChI is InChI=1S/C58H111NO5/c1-3-5-7-9-11-13-15-16-25-29-32-36-40-44-48-52-58(63)64-53-49-45-41-37-33-30-27-24-22-20-18-17-19-21-23-26-28-31-35-39-43-47-51-57(62)59-55(54-60)56(61)50-46-42-38-34-14-12-10-8-6-4-2/h11,13,16,25,55-56,60-61H,3-10,12,14-15,17-24,26-54H2,1-2H3,(H,59,62)/b13-11-,25-16-. The lowest BCUT2D eigenvalue weighted by Gasteiger charge is -2.22. The fraction of sp³-hybridized carbons (Fsp3) is 0.897. The van der Waals surface area contributed by atoms with Gasteiger partial charge in [-0.05, 0) is 57.8 Å². The molecular weight excluding hydrogens is 791 g/mol. The third-order valence-corrected chi connectivity index (χ3v) is 13.3. The van der Waals surface area contributed by atoms with E-state index in [1.807, 2.05) is 0 Å². The van der Waals surface area contributed by atoms with E-state index in [4.69, 9.17) is 4.74 Å². The van der Waals surface area contributed by atoms with E-state index in [0.29, 0.717) is 25.9 Å². The summed E-state index contributed by atoms with van der Waals surface area (Å²) in [6, 6.07) is -0.539. The molecule has 6 heteroatoms. The maximum Gasteiger partial charge on any atom is 0.305 e. The van der Waals surface area contributed by atoms with Crippen molar-refractivity contribution in [2.75, 3.05) is 13.2 Å². The Morgan fingerprint density at radius 2 is 0.781 bits per heavy atom. The minimum Gasteiger partial charge on any atom is -0.466 e. The van der Waals surface area contributed by atoms with Gasteiger partial charge in [0, 0.05) is 12.8 Å². The number of carbonyl (C=O) groups is 2. The van der Waals surface area contributed by atoms with E-state index in [1.54, 1.807) is 0 Å². The second-order valence-electron chi connectivity index (χ2n) is 19.6. The lowest BCUT2D eigenvalue weighted by molar-refractivity contribution is -0.143. The molecule has 64 heavy (non-hydrogen) atoms. The molecule has 0 aromatic rings. The van der Waals surface area contributed by atoms with Crippen LogP contribution in [0.15, 0.2) is 24.3 Å². The molecule has 2 unspecified atom stereocenters. The molecule has 0 aliphatic rings. The average Bonchev–Trinajstić information content (AvgIpc) is 3.29. The van der Waals surface area contributed by atoms with E-state index in [2.05, 4.69) is 43.5 Å². The number of rotatable bonds is 53. The molecule has 2 atom stereocenters. The van der Waals surface area contributed by atoms with Crippen LogP contribution in [0.1, 0.15) is 309 Å². The van der Waals surface area contributed by atoms with Gasteiger partial charge in [0.1, 0.15) is 0 Å². The third kappa shape index (κ3) is 49.8. The van der Waals surface area contributed by atoms with E-state index in [-0.39, 0.29) is 18.5 Å². The fourth-order valence-corrected chi connectivity index (χ4v) is 8.85. The molecule has 6 nitrogen and oxygen atoms in total. The first-order valence-electron chi connectivity index (χ1n) is 28.6. The number of hydrogen-bond acceptors (Lipinski definition) is 5. The van der Waals surface area contributed by atoms with Gasteiger partial charge in [0.2, 0.25) is 5.91 Å². The third-order valence-electron chi connectivity index (χ3n) is 13.3. The van der Waals surface area contributed by atoms with Gasteiger partial charge in [-0.2, -0.15) is 0 Å². The summed E-state index contributed by atoms with van der Waals surface area (Å²) in [5, 5.41) is 23.1. The molecule has 3 N–H and O–H groups in total. The number of ether oxygens (including phenoxy) is 1. The molecule has 0 rings (SSSR count). The fourth-order valence-electron chi connectivity index (χ4n) is 8.85. The highest BCUT2D eigenvalue weighted by atomic mass is 16.5. The molecule has 1 amide bonds. The smallest absolute Gasteiger partial charge is 0.305 e. The second kappa shape index (κ2) is 54.0. The van der Waals surface area contributed by atoms with Crippen molar-refractivity contribution in [1.29, 1.82) is 0 Å².